The van der Waals surface area contributed by atoms with Crippen LogP contribution < -0.4 is 9.47 Å². The van der Waals surface area contributed by atoms with Gasteiger partial charge < -0.3 is 56.6 Å². The van der Waals surface area contributed by atoms with Gasteiger partial charge in [-0.15, -0.1) is 0 Å². The average Bonchev–Trinajstić information content (AvgIpc) is 0.850. The van der Waals surface area contributed by atoms with Crippen LogP contribution in [0.2, 0.25) is 0 Å². The molecule has 1 aliphatic rings. The first-order valence-corrected chi connectivity index (χ1v) is 32.5. The van der Waals surface area contributed by atoms with Crippen molar-refractivity contribution in [1.29, 1.82) is 5.26 Å². The van der Waals surface area contributed by atoms with E-state index in [0.29, 0.717) is 30.8 Å². The van der Waals surface area contributed by atoms with E-state index in [4.69, 9.17) is 51.7 Å². The fraction of sp³-hybridized carbons (Fsp3) is 0.351. The van der Waals surface area contributed by atoms with Gasteiger partial charge >= 0.3 is 23.9 Å². The molecular weight excluding hydrogens is 1220 g/mol. The summed E-state index contributed by atoms with van der Waals surface area (Å²) in [6.45, 7) is 7.26. The highest BCUT2D eigenvalue weighted by atomic mass is 31.2. The Hall–Kier alpha value is -8.83. The predicted molar refractivity (Wildman–Crippen MR) is 353 cm³/mol. The van der Waals surface area contributed by atoms with E-state index < -0.39 is 88.5 Å². The van der Waals surface area contributed by atoms with Crippen LogP contribution in [0.3, 0.4) is 0 Å². The van der Waals surface area contributed by atoms with Crippen molar-refractivity contribution in [2.75, 3.05) is 60.6 Å². The smallest absolute Gasteiger partial charge is 0.338 e. The van der Waals surface area contributed by atoms with Crippen LogP contribution in [0.4, 0.5) is 0 Å². The molecule has 1 heterocycles. The molecule has 1 aliphatic heterocycles. The Morgan fingerprint density at radius 3 is 1.51 bits per heavy atom. The minimum Gasteiger partial charge on any atom is -0.497 e. The Labute approximate surface area is 551 Å². The third kappa shape index (κ3) is 19.9. The lowest BCUT2D eigenvalue weighted by Crippen LogP contribution is -2.49. The van der Waals surface area contributed by atoms with E-state index in [1.54, 1.807) is 111 Å². The number of rotatable bonds is 36. The van der Waals surface area contributed by atoms with Gasteiger partial charge in [0.1, 0.15) is 43.2 Å². The van der Waals surface area contributed by atoms with Gasteiger partial charge in [0.25, 0.3) is 8.53 Å². The highest BCUT2D eigenvalue weighted by Gasteiger charge is 2.44. The van der Waals surface area contributed by atoms with E-state index in [-0.39, 0.29) is 79.5 Å². The largest absolute Gasteiger partial charge is 0.497 e. The van der Waals surface area contributed by atoms with Crippen molar-refractivity contribution in [2.45, 2.75) is 108 Å². The van der Waals surface area contributed by atoms with Crippen molar-refractivity contribution in [2.24, 2.45) is 0 Å². The standard InChI is InChI=1S/C74H82N3O16P/c1-53(2)77(54(3)4)94(90-46-24-44-75)93-65-47-62(49-89-74(59-33-20-11-21-34-59,60-36-40-63(83-5)41-37-60)61-38-42-64(84-6)43-39-61)76(48-65)68(78)35-22-23-45-85-52-88-66(50-86-70(79)55-25-12-7-13-26-55)69(92-73(82)58-31-18-10-19-32-58)67(91-72(81)57-29-16-9-17-30-57)51-87-71(80)56-27-14-8-15-28-56/h7-21,25-34,36-43,53-54,62,65-67,69H,22-24,35,45-52H2,1-6H3/t62-,65+,66?,67+,69-,94?/m0/s1. The number of carbonyl (C=O) groups is 5. The van der Waals surface area contributed by atoms with Gasteiger partial charge in [-0.3, -0.25) is 4.79 Å². The Kier molecular flexibility index (Phi) is 27.6. The number of likely N-dealkylation sites (tertiary alicyclic amines) is 1. The van der Waals surface area contributed by atoms with Gasteiger partial charge in [0.15, 0.2) is 12.2 Å². The maximum atomic E-state index is 14.9. The van der Waals surface area contributed by atoms with E-state index in [9.17, 15) is 29.2 Å². The second-order valence-electron chi connectivity index (χ2n) is 22.7. The lowest BCUT2D eigenvalue weighted by Gasteiger charge is -2.38. The molecule has 0 aromatic heterocycles. The van der Waals surface area contributed by atoms with Crippen LogP contribution in [0, 0.1) is 11.3 Å². The number of unbranched alkanes of at least 4 members (excludes halogenated alkanes) is 1. The minimum absolute atomic E-state index is 0.0412. The zero-order chi connectivity index (χ0) is 66.7. The van der Waals surface area contributed by atoms with E-state index in [0.717, 1.165) is 16.7 Å². The van der Waals surface area contributed by atoms with Crippen LogP contribution in [-0.4, -0.2) is 142 Å². The molecule has 0 spiro atoms. The van der Waals surface area contributed by atoms with Gasteiger partial charge in [0, 0.05) is 31.7 Å². The Morgan fingerprint density at radius 1 is 0.574 bits per heavy atom. The van der Waals surface area contributed by atoms with Crippen molar-refractivity contribution >= 4 is 38.3 Å². The van der Waals surface area contributed by atoms with Gasteiger partial charge in [0.2, 0.25) is 5.91 Å². The molecule has 494 valence electrons. The molecule has 0 N–H and O–H groups in total. The fourth-order valence-corrected chi connectivity index (χ4v) is 12.7. The van der Waals surface area contributed by atoms with Gasteiger partial charge in [-0.1, -0.05) is 127 Å². The lowest BCUT2D eigenvalue weighted by molar-refractivity contribution is -0.166. The molecule has 7 aromatic carbocycles. The van der Waals surface area contributed by atoms with Crippen molar-refractivity contribution in [3.8, 4) is 17.6 Å². The molecule has 0 bridgehead atoms. The summed E-state index contributed by atoms with van der Waals surface area (Å²) in [5.74, 6) is -1.95. The van der Waals surface area contributed by atoms with Gasteiger partial charge in [-0.05, 0) is 136 Å². The molecule has 1 amide bonds. The van der Waals surface area contributed by atoms with Gasteiger partial charge in [0.05, 0.1) is 74.3 Å². The van der Waals surface area contributed by atoms with Crippen LogP contribution in [0.5, 0.6) is 11.5 Å². The number of esters is 4. The maximum absolute atomic E-state index is 14.9. The zero-order valence-corrected chi connectivity index (χ0v) is 54.8. The zero-order valence-electron chi connectivity index (χ0n) is 53.9. The number of benzene rings is 7. The molecule has 19 nitrogen and oxygen atoms in total. The molecule has 1 fully saturated rings. The molecule has 7 aromatic rings. The second-order valence-corrected chi connectivity index (χ2v) is 24.1. The maximum Gasteiger partial charge on any atom is 0.338 e. The first kappa shape index (κ1) is 71.0. The molecule has 6 atom stereocenters. The topological polar surface area (TPSA) is 217 Å². The van der Waals surface area contributed by atoms with Crippen molar-refractivity contribution < 1.29 is 75.7 Å². The molecule has 2 unspecified atom stereocenters. The third-order valence-electron chi connectivity index (χ3n) is 15.6. The summed E-state index contributed by atoms with van der Waals surface area (Å²) in [6, 6.07) is 59.8. The quantitative estimate of drug-likeness (QED) is 0.00890. The first-order chi connectivity index (χ1) is 45.7. The monoisotopic (exact) mass is 1300 g/mol. The Morgan fingerprint density at radius 2 is 1.03 bits per heavy atom. The summed E-state index contributed by atoms with van der Waals surface area (Å²) in [5, 5.41) is 9.49. The van der Waals surface area contributed by atoms with E-state index in [2.05, 4.69) is 38.4 Å². The Bertz CT molecular complexity index is 3440. The van der Waals surface area contributed by atoms with Crippen LogP contribution >= 0.6 is 8.53 Å². The van der Waals surface area contributed by atoms with Crippen LogP contribution in [0.15, 0.2) is 200 Å². The number of methoxy groups -OCH3 is 2. The third-order valence-corrected chi connectivity index (χ3v) is 17.8. The molecule has 94 heavy (non-hydrogen) atoms. The average molecular weight is 1300 g/mol. The number of ether oxygens (including phenoxy) is 9. The summed E-state index contributed by atoms with van der Waals surface area (Å²) in [4.78, 5) is 71.9. The fourth-order valence-electron chi connectivity index (χ4n) is 11.0. The van der Waals surface area contributed by atoms with Gasteiger partial charge in [-0.25, -0.2) is 23.8 Å². The predicted octanol–water partition coefficient (Wildman–Crippen LogP) is 13.0. The number of carbonyl (C=O) groups excluding carboxylic acids is 5. The number of hydrogen-bond acceptors (Lipinski definition) is 18. The number of hydrogen-bond donors (Lipinski definition) is 0. The molecule has 0 aliphatic carbocycles. The summed E-state index contributed by atoms with van der Waals surface area (Å²) in [5.41, 5.74) is 2.06. The lowest BCUT2D eigenvalue weighted by atomic mass is 9.80. The molecule has 20 heteroatoms. The van der Waals surface area contributed by atoms with E-state index >= 15 is 0 Å². The molecular formula is C74H82N3O16P. The Balaban J connectivity index is 1.03. The normalized spacial score (nSPS) is 15.1. The minimum atomic E-state index is -1.66. The number of nitrogens with zero attached hydrogens (tertiary/aromatic N) is 3. The molecule has 0 saturated carbocycles. The van der Waals surface area contributed by atoms with Crippen LogP contribution in [0.25, 0.3) is 0 Å². The first-order valence-electron chi connectivity index (χ1n) is 31.4. The highest BCUT2D eigenvalue weighted by Crippen LogP contribution is 2.49. The van der Waals surface area contributed by atoms with Crippen molar-refractivity contribution in [3.05, 3.63) is 239 Å². The van der Waals surface area contributed by atoms with Crippen molar-refractivity contribution in [1.82, 2.24) is 9.57 Å². The second kappa shape index (κ2) is 36.6. The van der Waals surface area contributed by atoms with E-state index in [1.807, 2.05) is 83.8 Å². The highest BCUT2D eigenvalue weighted by molar-refractivity contribution is 7.44. The van der Waals surface area contributed by atoms with E-state index in [1.165, 1.54) is 24.3 Å². The molecule has 0 radical (unpaired) electrons. The van der Waals surface area contributed by atoms with Crippen LogP contribution in [-0.2, 0) is 52.6 Å². The summed E-state index contributed by atoms with van der Waals surface area (Å²) >= 11 is 0. The molecule has 8 rings (SSSR count). The number of amides is 1. The summed E-state index contributed by atoms with van der Waals surface area (Å²) in [7, 11) is 1.57. The summed E-state index contributed by atoms with van der Waals surface area (Å²) < 4.78 is 70.4. The van der Waals surface area contributed by atoms with Gasteiger partial charge in [-0.2, -0.15) is 5.26 Å². The molecule has 1 saturated heterocycles. The number of nitriles is 1. The van der Waals surface area contributed by atoms with Crippen LogP contribution in [0.1, 0.15) is 118 Å². The SMILES string of the molecule is COc1ccc(C(OC[C@@H]2C[C@@H](OP(OCCC#N)N(C(C)C)C(C)C)CN2C(=O)CCCCOCOC(COC(=O)c2ccccc2)[C@H](OC(=O)c2ccccc2)[C@@H](COC(=O)c2ccccc2)OC(=O)c2ccccc2)(c2ccccc2)c2ccc(OC)cc2)cc1. The summed E-state index contributed by atoms with van der Waals surface area (Å²) in [6.07, 6.45) is -3.52. The van der Waals surface area contributed by atoms with Crippen molar-refractivity contribution in [3.63, 3.8) is 0 Å².